The molecule has 0 spiro atoms. The zero-order valence-electron chi connectivity index (χ0n) is 16.2. The van der Waals surface area contributed by atoms with Gasteiger partial charge in [-0.05, 0) is 23.3 Å². The van der Waals surface area contributed by atoms with Gasteiger partial charge in [-0.2, -0.15) is 0 Å². The molecule has 0 aromatic heterocycles. The van der Waals surface area contributed by atoms with E-state index >= 15 is 0 Å². The number of carbonyl (C=O) groups is 1. The van der Waals surface area contributed by atoms with Crippen molar-refractivity contribution in [1.82, 2.24) is 9.80 Å². The SMILES string of the molecule is O=C([O-])COCCN1CCN([C@H](c2ccccc2)c2ccc(Cl)cc2)CC1.[K+]. The Hall–Kier alpha value is -0.284. The quantitative estimate of drug-likeness (QED) is 0.393. The van der Waals surface area contributed by atoms with Crippen LogP contribution in [-0.2, 0) is 9.53 Å². The first-order valence-corrected chi connectivity index (χ1v) is 9.55. The van der Waals surface area contributed by atoms with Crippen LogP contribution in [0.15, 0.2) is 54.6 Å². The molecule has 0 bridgehead atoms. The number of benzene rings is 2. The summed E-state index contributed by atoms with van der Waals surface area (Å²) in [6.07, 6.45) is 0. The zero-order chi connectivity index (χ0) is 19.1. The van der Waals surface area contributed by atoms with Crippen molar-refractivity contribution in [3.05, 3.63) is 70.7 Å². The van der Waals surface area contributed by atoms with Gasteiger partial charge in [0, 0.05) is 37.7 Å². The van der Waals surface area contributed by atoms with E-state index in [2.05, 4.69) is 46.2 Å². The Kier molecular flexibility index (Phi) is 10.6. The predicted molar refractivity (Wildman–Crippen MR) is 104 cm³/mol. The summed E-state index contributed by atoms with van der Waals surface area (Å²) in [6.45, 7) is 4.51. The van der Waals surface area contributed by atoms with Crippen molar-refractivity contribution in [2.75, 3.05) is 45.9 Å². The molecule has 1 saturated heterocycles. The van der Waals surface area contributed by atoms with Gasteiger partial charge in [0.05, 0.1) is 25.2 Å². The molecule has 0 saturated carbocycles. The summed E-state index contributed by atoms with van der Waals surface area (Å²) in [6, 6.07) is 18.8. The fourth-order valence-corrected chi connectivity index (χ4v) is 3.61. The second-order valence-corrected chi connectivity index (χ2v) is 7.10. The molecule has 0 unspecified atom stereocenters. The van der Waals surface area contributed by atoms with Crippen molar-refractivity contribution in [2.45, 2.75) is 6.04 Å². The second kappa shape index (κ2) is 12.4. The first-order chi connectivity index (χ1) is 13.1. The summed E-state index contributed by atoms with van der Waals surface area (Å²) in [5.41, 5.74) is 2.50. The number of piperazine rings is 1. The number of hydrogen-bond acceptors (Lipinski definition) is 5. The minimum absolute atomic E-state index is 0. The van der Waals surface area contributed by atoms with E-state index in [-0.39, 0.29) is 64.0 Å². The minimum atomic E-state index is -1.17. The van der Waals surface area contributed by atoms with Gasteiger partial charge in [0.25, 0.3) is 0 Å². The number of hydrogen-bond donors (Lipinski definition) is 0. The van der Waals surface area contributed by atoms with Gasteiger partial charge in [-0.25, -0.2) is 0 Å². The predicted octanol–water partition coefficient (Wildman–Crippen LogP) is -1.18. The molecule has 144 valence electrons. The van der Waals surface area contributed by atoms with E-state index in [0.29, 0.717) is 6.61 Å². The standard InChI is InChI=1S/C21H25ClN2O3.K/c22-19-8-6-18(7-9-19)21(17-4-2-1-3-5-17)24-12-10-23(11-13-24)14-15-27-16-20(25)26;/h1-9,21H,10-16H2,(H,25,26);/q;+1/p-1/t21-;/m1./s1. The summed E-state index contributed by atoms with van der Waals surface area (Å²) < 4.78 is 5.09. The number of carbonyl (C=O) groups excluding carboxylic acids is 1. The monoisotopic (exact) mass is 426 g/mol. The molecule has 0 radical (unpaired) electrons. The van der Waals surface area contributed by atoms with E-state index in [1.807, 2.05) is 18.2 Å². The van der Waals surface area contributed by atoms with E-state index in [9.17, 15) is 9.90 Å². The molecule has 1 aliphatic rings. The summed E-state index contributed by atoms with van der Waals surface area (Å²) in [5.74, 6) is -1.17. The Morgan fingerprint density at radius 2 is 1.61 bits per heavy atom. The van der Waals surface area contributed by atoms with Crippen LogP contribution in [0.5, 0.6) is 0 Å². The van der Waals surface area contributed by atoms with Crippen molar-refractivity contribution >= 4 is 17.6 Å². The Labute approximate surface area is 214 Å². The summed E-state index contributed by atoms with van der Waals surface area (Å²) in [5, 5.41) is 11.1. The molecule has 1 heterocycles. The average Bonchev–Trinajstić information content (AvgIpc) is 2.69. The van der Waals surface area contributed by atoms with Crippen LogP contribution in [0, 0.1) is 0 Å². The summed E-state index contributed by atoms with van der Waals surface area (Å²) >= 11 is 6.07. The number of halogens is 1. The smallest absolute Gasteiger partial charge is 0.548 e. The normalized spacial score (nSPS) is 16.3. The minimum Gasteiger partial charge on any atom is -0.548 e. The van der Waals surface area contributed by atoms with Crippen LogP contribution in [0.25, 0.3) is 0 Å². The molecule has 1 atom stereocenters. The average molecular weight is 427 g/mol. The molecule has 2 aromatic rings. The Balaban J connectivity index is 0.00000280. The fourth-order valence-electron chi connectivity index (χ4n) is 3.49. The van der Waals surface area contributed by atoms with Crippen molar-refractivity contribution in [3.63, 3.8) is 0 Å². The molecule has 1 aliphatic heterocycles. The Morgan fingerprint density at radius 3 is 2.21 bits per heavy atom. The third-order valence-electron chi connectivity index (χ3n) is 4.84. The van der Waals surface area contributed by atoms with Gasteiger partial charge in [0.2, 0.25) is 0 Å². The maximum atomic E-state index is 10.4. The van der Waals surface area contributed by atoms with Gasteiger partial charge < -0.3 is 14.6 Å². The van der Waals surface area contributed by atoms with Crippen molar-refractivity contribution in [2.24, 2.45) is 0 Å². The van der Waals surface area contributed by atoms with Crippen LogP contribution in [-0.4, -0.2) is 61.7 Å². The largest absolute Gasteiger partial charge is 1.00 e. The fraction of sp³-hybridized carbons (Fsp3) is 0.381. The maximum absolute atomic E-state index is 10.4. The number of carboxylic acid groups (broad SMARTS) is 1. The van der Waals surface area contributed by atoms with Gasteiger partial charge >= 0.3 is 51.4 Å². The topological polar surface area (TPSA) is 55.8 Å². The summed E-state index contributed by atoms with van der Waals surface area (Å²) in [4.78, 5) is 15.2. The van der Waals surface area contributed by atoms with Crippen LogP contribution < -0.4 is 56.5 Å². The molecule has 0 N–H and O–H groups in total. The first-order valence-electron chi connectivity index (χ1n) is 9.18. The second-order valence-electron chi connectivity index (χ2n) is 6.67. The molecule has 2 aromatic carbocycles. The molecule has 7 heteroatoms. The number of nitrogens with zero attached hydrogens (tertiary/aromatic N) is 2. The molecule has 0 aliphatic carbocycles. The van der Waals surface area contributed by atoms with Crippen LogP contribution in [0.4, 0.5) is 0 Å². The van der Waals surface area contributed by atoms with Gasteiger partial charge in [-0.15, -0.1) is 0 Å². The Bertz CT molecular complexity index is 722. The number of aliphatic carboxylic acids is 1. The van der Waals surface area contributed by atoms with Gasteiger partial charge in [0.1, 0.15) is 0 Å². The molecular formula is C21H24ClKN2O3. The van der Waals surface area contributed by atoms with E-state index in [1.54, 1.807) is 0 Å². The molecule has 28 heavy (non-hydrogen) atoms. The van der Waals surface area contributed by atoms with E-state index < -0.39 is 5.97 Å². The maximum Gasteiger partial charge on any atom is 1.00 e. The zero-order valence-corrected chi connectivity index (χ0v) is 20.1. The van der Waals surface area contributed by atoms with Crippen LogP contribution in [0.3, 0.4) is 0 Å². The van der Waals surface area contributed by atoms with Crippen LogP contribution in [0.2, 0.25) is 5.02 Å². The molecule has 3 rings (SSSR count). The number of carboxylic acids is 1. The Morgan fingerprint density at radius 1 is 1.00 bits per heavy atom. The van der Waals surface area contributed by atoms with Crippen molar-refractivity contribution in [3.8, 4) is 0 Å². The molecule has 5 nitrogen and oxygen atoms in total. The first kappa shape index (κ1) is 24.0. The van der Waals surface area contributed by atoms with Gasteiger partial charge in [-0.3, -0.25) is 9.80 Å². The molecular weight excluding hydrogens is 403 g/mol. The van der Waals surface area contributed by atoms with E-state index in [0.717, 1.165) is 37.7 Å². The van der Waals surface area contributed by atoms with Gasteiger partial charge in [0.15, 0.2) is 0 Å². The number of ether oxygens (including phenoxy) is 1. The van der Waals surface area contributed by atoms with Gasteiger partial charge in [-0.1, -0.05) is 54.1 Å². The summed E-state index contributed by atoms with van der Waals surface area (Å²) in [7, 11) is 0. The van der Waals surface area contributed by atoms with E-state index in [4.69, 9.17) is 16.3 Å². The van der Waals surface area contributed by atoms with Crippen molar-refractivity contribution in [1.29, 1.82) is 0 Å². The van der Waals surface area contributed by atoms with E-state index in [1.165, 1.54) is 11.1 Å². The third kappa shape index (κ3) is 7.20. The number of rotatable bonds is 8. The molecule has 0 amide bonds. The van der Waals surface area contributed by atoms with Crippen LogP contribution >= 0.6 is 11.6 Å². The van der Waals surface area contributed by atoms with Crippen LogP contribution in [0.1, 0.15) is 17.2 Å². The molecule has 1 fully saturated rings. The van der Waals surface area contributed by atoms with Crippen molar-refractivity contribution < 1.29 is 66.0 Å². The third-order valence-corrected chi connectivity index (χ3v) is 5.10.